The molecule has 0 spiro atoms. The number of carbonyl (C=O) groups excluding carboxylic acids is 1. The summed E-state index contributed by atoms with van der Waals surface area (Å²) in [7, 11) is 0. The number of hydrogen-bond donors (Lipinski definition) is 3. The molecule has 0 saturated carbocycles. The van der Waals surface area contributed by atoms with Crippen molar-refractivity contribution in [3.63, 3.8) is 0 Å². The molecular weight excluding hydrogens is 300 g/mol. The van der Waals surface area contributed by atoms with Crippen molar-refractivity contribution in [2.75, 3.05) is 11.9 Å². The highest BCUT2D eigenvalue weighted by Gasteiger charge is 2.06. The van der Waals surface area contributed by atoms with Crippen LogP contribution in [0.3, 0.4) is 0 Å². The number of anilines is 1. The number of urea groups is 1. The number of aromatic amines is 1. The first-order chi connectivity index (χ1) is 11.0. The molecule has 8 nitrogen and oxygen atoms in total. The molecule has 2 amide bonds. The van der Waals surface area contributed by atoms with E-state index in [0.29, 0.717) is 24.2 Å². The topological polar surface area (TPSA) is 117 Å². The van der Waals surface area contributed by atoms with Crippen molar-refractivity contribution in [2.45, 2.75) is 13.3 Å². The van der Waals surface area contributed by atoms with E-state index in [-0.39, 0.29) is 11.2 Å². The van der Waals surface area contributed by atoms with Gasteiger partial charge in [0, 0.05) is 30.4 Å². The maximum atomic E-state index is 11.8. The van der Waals surface area contributed by atoms with E-state index in [4.69, 9.17) is 0 Å². The molecule has 1 heterocycles. The second-order valence-electron chi connectivity index (χ2n) is 4.96. The molecule has 0 fully saturated rings. The first kappa shape index (κ1) is 16.2. The smallest absolute Gasteiger partial charge is 0.319 e. The Kier molecular flexibility index (Phi) is 5.08. The number of rotatable bonds is 5. The molecule has 0 atom stereocenters. The number of aryl methyl sites for hydroxylation is 1. The SMILES string of the molecule is Cc1cc(NC(=O)NCCc2cccc([N+](=O)[O-])c2)c[nH]c1=O. The van der Waals surface area contributed by atoms with E-state index < -0.39 is 11.0 Å². The van der Waals surface area contributed by atoms with Gasteiger partial charge in [0.1, 0.15) is 0 Å². The third-order valence-corrected chi connectivity index (χ3v) is 3.17. The lowest BCUT2D eigenvalue weighted by Gasteiger charge is -2.08. The number of pyridine rings is 1. The summed E-state index contributed by atoms with van der Waals surface area (Å²) in [5, 5.41) is 15.9. The van der Waals surface area contributed by atoms with Crippen LogP contribution in [0.1, 0.15) is 11.1 Å². The average molecular weight is 316 g/mol. The monoisotopic (exact) mass is 316 g/mol. The van der Waals surface area contributed by atoms with Crippen LogP contribution >= 0.6 is 0 Å². The van der Waals surface area contributed by atoms with Crippen LogP contribution < -0.4 is 16.2 Å². The standard InChI is InChI=1S/C15H16N4O4/c1-10-7-12(9-17-14(10)20)18-15(21)16-6-5-11-3-2-4-13(8-11)19(22)23/h2-4,7-9H,5-6H2,1H3,(H,17,20)(H2,16,18,21). The molecule has 0 unspecified atom stereocenters. The van der Waals surface area contributed by atoms with Gasteiger partial charge in [0.05, 0.1) is 10.6 Å². The molecule has 0 aliphatic carbocycles. The summed E-state index contributed by atoms with van der Waals surface area (Å²) in [5.74, 6) is 0. The number of nitrogens with one attached hydrogen (secondary N) is 3. The van der Waals surface area contributed by atoms with Crippen LogP contribution in [0.5, 0.6) is 0 Å². The Labute approximate surface area is 131 Å². The minimum absolute atomic E-state index is 0.0238. The number of carbonyl (C=O) groups is 1. The zero-order valence-electron chi connectivity index (χ0n) is 12.5. The zero-order chi connectivity index (χ0) is 16.8. The Hall–Kier alpha value is -3.16. The van der Waals surface area contributed by atoms with E-state index in [1.54, 1.807) is 25.1 Å². The molecular formula is C15H16N4O4. The number of nitro benzene ring substituents is 1. The average Bonchev–Trinajstić information content (AvgIpc) is 2.51. The van der Waals surface area contributed by atoms with Crippen molar-refractivity contribution in [1.29, 1.82) is 0 Å². The Morgan fingerprint density at radius 3 is 2.83 bits per heavy atom. The third-order valence-electron chi connectivity index (χ3n) is 3.17. The molecule has 0 aliphatic rings. The fraction of sp³-hybridized carbons (Fsp3) is 0.200. The van der Waals surface area contributed by atoms with Crippen LogP contribution in [0, 0.1) is 17.0 Å². The molecule has 1 aromatic carbocycles. The quantitative estimate of drug-likeness (QED) is 0.577. The van der Waals surface area contributed by atoms with Crippen LogP contribution in [0.2, 0.25) is 0 Å². The number of nitrogens with zero attached hydrogens (tertiary/aromatic N) is 1. The van der Waals surface area contributed by atoms with Crippen LogP contribution in [-0.2, 0) is 6.42 Å². The van der Waals surface area contributed by atoms with E-state index in [2.05, 4.69) is 15.6 Å². The van der Waals surface area contributed by atoms with Gasteiger partial charge >= 0.3 is 6.03 Å². The summed E-state index contributed by atoms with van der Waals surface area (Å²) in [6.07, 6.45) is 1.88. The van der Waals surface area contributed by atoms with Crippen molar-refractivity contribution in [1.82, 2.24) is 10.3 Å². The Bertz CT molecular complexity index is 785. The van der Waals surface area contributed by atoms with E-state index in [0.717, 1.165) is 5.56 Å². The van der Waals surface area contributed by atoms with Crippen LogP contribution in [0.15, 0.2) is 41.3 Å². The van der Waals surface area contributed by atoms with Crippen molar-refractivity contribution in [2.24, 2.45) is 0 Å². The first-order valence-corrected chi connectivity index (χ1v) is 6.93. The van der Waals surface area contributed by atoms with E-state index in [9.17, 15) is 19.7 Å². The predicted octanol–water partition coefficient (Wildman–Crippen LogP) is 1.96. The molecule has 1 aromatic heterocycles. The van der Waals surface area contributed by atoms with Gasteiger partial charge in [0.25, 0.3) is 11.2 Å². The Morgan fingerprint density at radius 2 is 2.13 bits per heavy atom. The molecule has 120 valence electrons. The number of benzene rings is 1. The van der Waals surface area contributed by atoms with Gasteiger partial charge in [-0.15, -0.1) is 0 Å². The minimum atomic E-state index is -0.456. The highest BCUT2D eigenvalue weighted by Crippen LogP contribution is 2.13. The van der Waals surface area contributed by atoms with E-state index >= 15 is 0 Å². The first-order valence-electron chi connectivity index (χ1n) is 6.93. The highest BCUT2D eigenvalue weighted by atomic mass is 16.6. The van der Waals surface area contributed by atoms with E-state index in [1.165, 1.54) is 18.3 Å². The molecule has 23 heavy (non-hydrogen) atoms. The summed E-state index contributed by atoms with van der Waals surface area (Å²) in [5.41, 5.74) is 1.56. The van der Waals surface area contributed by atoms with Crippen molar-refractivity contribution in [3.05, 3.63) is 68.1 Å². The van der Waals surface area contributed by atoms with Crippen molar-refractivity contribution >= 4 is 17.4 Å². The zero-order valence-corrected chi connectivity index (χ0v) is 12.5. The lowest BCUT2D eigenvalue weighted by atomic mass is 10.1. The fourth-order valence-electron chi connectivity index (χ4n) is 1.99. The van der Waals surface area contributed by atoms with E-state index in [1.807, 2.05) is 0 Å². The van der Waals surface area contributed by atoms with Gasteiger partial charge in [-0.2, -0.15) is 0 Å². The maximum absolute atomic E-state index is 11.8. The summed E-state index contributed by atoms with van der Waals surface area (Å²) in [6, 6.07) is 7.42. The van der Waals surface area contributed by atoms with Gasteiger partial charge in [-0.05, 0) is 25.0 Å². The highest BCUT2D eigenvalue weighted by molar-refractivity contribution is 5.89. The normalized spacial score (nSPS) is 10.1. The lowest BCUT2D eigenvalue weighted by molar-refractivity contribution is -0.384. The number of H-pyrrole nitrogens is 1. The molecule has 8 heteroatoms. The summed E-state index contributed by atoms with van der Waals surface area (Å²) >= 11 is 0. The van der Waals surface area contributed by atoms with Gasteiger partial charge < -0.3 is 15.6 Å². The Balaban J connectivity index is 1.85. The lowest BCUT2D eigenvalue weighted by Crippen LogP contribution is -2.30. The molecule has 2 aromatic rings. The van der Waals surface area contributed by atoms with Crippen LogP contribution in [-0.4, -0.2) is 22.5 Å². The van der Waals surface area contributed by atoms with Crippen LogP contribution in [0.25, 0.3) is 0 Å². The molecule has 2 rings (SSSR count). The summed E-state index contributed by atoms with van der Waals surface area (Å²) < 4.78 is 0. The molecule has 3 N–H and O–H groups in total. The predicted molar refractivity (Wildman–Crippen MR) is 85.6 cm³/mol. The third kappa shape index (κ3) is 4.67. The number of hydrogen-bond acceptors (Lipinski definition) is 4. The number of aromatic nitrogens is 1. The number of nitro groups is 1. The number of non-ortho nitro benzene ring substituents is 1. The fourth-order valence-corrected chi connectivity index (χ4v) is 1.99. The molecule has 0 saturated heterocycles. The number of amides is 2. The van der Waals surface area contributed by atoms with Crippen LogP contribution in [0.4, 0.5) is 16.2 Å². The second-order valence-corrected chi connectivity index (χ2v) is 4.96. The largest absolute Gasteiger partial charge is 0.338 e. The second kappa shape index (κ2) is 7.21. The van der Waals surface area contributed by atoms with Gasteiger partial charge in [-0.1, -0.05) is 12.1 Å². The summed E-state index contributed by atoms with van der Waals surface area (Å²) in [6.45, 7) is 1.97. The van der Waals surface area contributed by atoms with Gasteiger partial charge in [0.15, 0.2) is 0 Å². The van der Waals surface area contributed by atoms with Gasteiger partial charge in [-0.3, -0.25) is 14.9 Å². The van der Waals surface area contributed by atoms with Crippen molar-refractivity contribution in [3.8, 4) is 0 Å². The van der Waals surface area contributed by atoms with Crippen molar-refractivity contribution < 1.29 is 9.72 Å². The molecule has 0 aliphatic heterocycles. The maximum Gasteiger partial charge on any atom is 0.319 e. The van der Waals surface area contributed by atoms with Gasteiger partial charge in [-0.25, -0.2) is 4.79 Å². The minimum Gasteiger partial charge on any atom is -0.338 e. The molecule has 0 bridgehead atoms. The Morgan fingerprint density at radius 1 is 1.35 bits per heavy atom. The van der Waals surface area contributed by atoms with Gasteiger partial charge in [0.2, 0.25) is 0 Å². The molecule has 0 radical (unpaired) electrons. The summed E-state index contributed by atoms with van der Waals surface area (Å²) in [4.78, 5) is 35.7.